The third kappa shape index (κ3) is 6.27. The van der Waals surface area contributed by atoms with Crippen LogP contribution in [0.3, 0.4) is 0 Å². The first-order valence-electron chi connectivity index (χ1n) is 10.4. The van der Waals surface area contributed by atoms with E-state index in [0.29, 0.717) is 5.69 Å². The molecule has 0 saturated carbocycles. The molecule has 0 saturated heterocycles. The molecule has 33 heavy (non-hydrogen) atoms. The van der Waals surface area contributed by atoms with Crippen molar-refractivity contribution in [2.75, 3.05) is 18.9 Å². The fourth-order valence-corrected chi connectivity index (χ4v) is 4.48. The minimum absolute atomic E-state index is 0.0324. The van der Waals surface area contributed by atoms with Crippen molar-refractivity contribution >= 4 is 27.5 Å². The average Bonchev–Trinajstić information content (AvgIpc) is 2.78. The third-order valence-electron chi connectivity index (χ3n) is 5.10. The van der Waals surface area contributed by atoms with E-state index < -0.39 is 22.0 Å². The van der Waals surface area contributed by atoms with Crippen LogP contribution >= 0.6 is 0 Å². The maximum Gasteiger partial charge on any atom is 0.243 e. The topological polar surface area (TPSA) is 95.6 Å². The number of carbonyl (C=O) groups is 2. The van der Waals surface area contributed by atoms with Crippen LogP contribution in [0.1, 0.15) is 29.7 Å². The second kappa shape index (κ2) is 10.4. The molecule has 0 heterocycles. The average molecular weight is 466 g/mol. The van der Waals surface area contributed by atoms with Crippen molar-refractivity contribution in [2.24, 2.45) is 0 Å². The highest BCUT2D eigenvalue weighted by Gasteiger charge is 2.25. The van der Waals surface area contributed by atoms with Gasteiger partial charge in [-0.15, -0.1) is 0 Å². The number of carbonyl (C=O) groups excluding carboxylic acids is 2. The van der Waals surface area contributed by atoms with Crippen LogP contribution in [0.4, 0.5) is 5.69 Å². The Morgan fingerprint density at radius 3 is 2.03 bits per heavy atom. The Balaban J connectivity index is 1.75. The number of nitrogens with zero attached hydrogens (tertiary/aromatic N) is 1. The molecule has 1 atom stereocenters. The first-order chi connectivity index (χ1) is 15.7. The van der Waals surface area contributed by atoms with Crippen molar-refractivity contribution in [1.82, 2.24) is 9.62 Å². The summed E-state index contributed by atoms with van der Waals surface area (Å²) in [4.78, 5) is 24.1. The highest BCUT2D eigenvalue weighted by molar-refractivity contribution is 7.89. The van der Waals surface area contributed by atoms with Crippen LogP contribution in [0.15, 0.2) is 83.8 Å². The normalized spacial score (nSPS) is 12.2. The fraction of sp³-hybridized carbons (Fsp3) is 0.200. The zero-order valence-corrected chi connectivity index (χ0v) is 19.6. The molecule has 3 aromatic carbocycles. The number of nitrogens with one attached hydrogen (secondary N) is 2. The van der Waals surface area contributed by atoms with E-state index in [4.69, 9.17) is 0 Å². The molecule has 3 aromatic rings. The zero-order chi connectivity index (χ0) is 24.0. The molecule has 0 aliphatic rings. The molecule has 2 amide bonds. The second-order valence-corrected chi connectivity index (χ2v) is 9.83. The highest BCUT2D eigenvalue weighted by atomic mass is 32.2. The summed E-state index contributed by atoms with van der Waals surface area (Å²) >= 11 is 0. The Kier molecular flexibility index (Phi) is 7.63. The fourth-order valence-electron chi connectivity index (χ4n) is 3.35. The number of sulfonamides is 1. The summed E-state index contributed by atoms with van der Waals surface area (Å²) in [6, 6.07) is 22.8. The number of hydrogen-bond donors (Lipinski definition) is 2. The molecular formula is C25H27N3O4S. The number of benzene rings is 3. The summed E-state index contributed by atoms with van der Waals surface area (Å²) in [5.41, 5.74) is 3.39. The lowest BCUT2D eigenvalue weighted by Crippen LogP contribution is -2.40. The molecule has 1 unspecified atom stereocenters. The monoisotopic (exact) mass is 465 g/mol. The first-order valence-corrected chi connectivity index (χ1v) is 11.9. The van der Waals surface area contributed by atoms with Crippen LogP contribution in [-0.4, -0.2) is 38.1 Å². The lowest BCUT2D eigenvalue weighted by molar-refractivity contribution is -0.121. The Morgan fingerprint density at radius 2 is 1.45 bits per heavy atom. The van der Waals surface area contributed by atoms with E-state index in [-0.39, 0.29) is 17.3 Å². The van der Waals surface area contributed by atoms with E-state index in [9.17, 15) is 18.0 Å². The van der Waals surface area contributed by atoms with Gasteiger partial charge in [-0.05, 0) is 42.3 Å². The lowest BCUT2D eigenvalue weighted by atomic mass is 9.98. The summed E-state index contributed by atoms with van der Waals surface area (Å²) in [6.07, 6.45) is 0. The van der Waals surface area contributed by atoms with Gasteiger partial charge in [-0.25, -0.2) is 8.42 Å². The van der Waals surface area contributed by atoms with Crippen LogP contribution < -0.4 is 10.6 Å². The summed E-state index contributed by atoms with van der Waals surface area (Å²) in [5.74, 6) is -0.675. The lowest BCUT2D eigenvalue weighted by Gasteiger charge is -2.22. The smallest absolute Gasteiger partial charge is 0.243 e. The summed E-state index contributed by atoms with van der Waals surface area (Å²) in [7, 11) is -2.53. The van der Waals surface area contributed by atoms with Crippen LogP contribution in [0.25, 0.3) is 0 Å². The van der Waals surface area contributed by atoms with Gasteiger partial charge in [-0.3, -0.25) is 9.59 Å². The Morgan fingerprint density at radius 1 is 0.879 bits per heavy atom. The van der Waals surface area contributed by atoms with Crippen molar-refractivity contribution in [3.8, 4) is 0 Å². The van der Waals surface area contributed by atoms with Gasteiger partial charge in [0.25, 0.3) is 0 Å². The van der Waals surface area contributed by atoms with Crippen LogP contribution in [0.5, 0.6) is 0 Å². The van der Waals surface area contributed by atoms with Gasteiger partial charge < -0.3 is 10.6 Å². The number of likely N-dealkylation sites (N-methyl/N-ethyl adjacent to an activating group) is 1. The first kappa shape index (κ1) is 24.2. The Hall–Kier alpha value is -3.49. The molecule has 0 radical (unpaired) electrons. The molecule has 8 heteroatoms. The Labute approximate surface area is 194 Å². The van der Waals surface area contributed by atoms with E-state index in [1.54, 1.807) is 0 Å². The van der Waals surface area contributed by atoms with Crippen LogP contribution in [0.2, 0.25) is 0 Å². The SMILES string of the molecule is CC(=O)Nc1ccc(S(=O)(=O)N(C)CC(=O)NC(c2ccccc2)c2ccc(C)cc2)cc1. The van der Waals surface area contributed by atoms with Gasteiger partial charge in [0.15, 0.2) is 0 Å². The van der Waals surface area contributed by atoms with Crippen LogP contribution in [-0.2, 0) is 19.6 Å². The number of amides is 2. The molecule has 0 aromatic heterocycles. The van der Waals surface area contributed by atoms with Gasteiger partial charge in [0.2, 0.25) is 21.8 Å². The van der Waals surface area contributed by atoms with Gasteiger partial charge >= 0.3 is 0 Å². The van der Waals surface area contributed by atoms with Gasteiger partial charge in [0.05, 0.1) is 17.5 Å². The van der Waals surface area contributed by atoms with E-state index >= 15 is 0 Å². The van der Waals surface area contributed by atoms with Crippen LogP contribution in [0, 0.1) is 6.92 Å². The van der Waals surface area contributed by atoms with Gasteiger partial charge in [-0.2, -0.15) is 4.31 Å². The zero-order valence-electron chi connectivity index (χ0n) is 18.8. The van der Waals surface area contributed by atoms with E-state index in [1.165, 1.54) is 38.2 Å². The minimum Gasteiger partial charge on any atom is -0.344 e. The van der Waals surface area contributed by atoms with E-state index in [2.05, 4.69) is 10.6 Å². The molecule has 0 spiro atoms. The minimum atomic E-state index is -3.89. The Bertz CT molecular complexity index is 1210. The predicted octanol–water partition coefficient (Wildman–Crippen LogP) is 3.48. The molecule has 0 fully saturated rings. The molecule has 172 valence electrons. The number of hydrogen-bond acceptors (Lipinski definition) is 4. The maximum atomic E-state index is 12.9. The second-order valence-electron chi connectivity index (χ2n) is 7.79. The quantitative estimate of drug-likeness (QED) is 0.532. The highest BCUT2D eigenvalue weighted by Crippen LogP contribution is 2.23. The number of aryl methyl sites for hydroxylation is 1. The third-order valence-corrected chi connectivity index (χ3v) is 6.92. The van der Waals surface area contributed by atoms with E-state index in [0.717, 1.165) is 21.0 Å². The standard InChI is InChI=1S/C25H27N3O4S/c1-18-9-11-21(12-10-18)25(20-7-5-4-6-8-20)27-24(30)17-28(3)33(31,32)23-15-13-22(14-16-23)26-19(2)29/h4-16,25H,17H2,1-3H3,(H,26,29)(H,27,30). The molecule has 3 rings (SSSR count). The van der Waals surface area contributed by atoms with Crippen molar-refractivity contribution in [3.63, 3.8) is 0 Å². The summed E-state index contributed by atoms with van der Waals surface area (Å²) in [5, 5.41) is 5.55. The molecule has 0 aliphatic heterocycles. The van der Waals surface area contributed by atoms with Crippen molar-refractivity contribution in [3.05, 3.63) is 95.6 Å². The van der Waals surface area contributed by atoms with E-state index in [1.807, 2.05) is 61.5 Å². The molecule has 0 aliphatic carbocycles. The number of anilines is 1. The maximum absolute atomic E-state index is 12.9. The van der Waals surface area contributed by atoms with Crippen molar-refractivity contribution in [2.45, 2.75) is 24.8 Å². The largest absolute Gasteiger partial charge is 0.344 e. The van der Waals surface area contributed by atoms with Crippen molar-refractivity contribution < 1.29 is 18.0 Å². The molecule has 2 N–H and O–H groups in total. The molecule has 7 nitrogen and oxygen atoms in total. The number of rotatable bonds is 8. The molecule has 0 bridgehead atoms. The predicted molar refractivity (Wildman–Crippen MR) is 128 cm³/mol. The molecular weight excluding hydrogens is 438 g/mol. The van der Waals surface area contributed by atoms with Gasteiger partial charge in [0.1, 0.15) is 0 Å². The summed E-state index contributed by atoms with van der Waals surface area (Å²) in [6.45, 7) is 3.02. The van der Waals surface area contributed by atoms with Gasteiger partial charge in [0, 0.05) is 19.7 Å². The van der Waals surface area contributed by atoms with Crippen molar-refractivity contribution in [1.29, 1.82) is 0 Å². The summed E-state index contributed by atoms with van der Waals surface area (Å²) < 4.78 is 26.9. The van der Waals surface area contributed by atoms with Gasteiger partial charge in [-0.1, -0.05) is 60.2 Å².